The van der Waals surface area contributed by atoms with E-state index in [1.165, 1.54) is 17.4 Å². The third-order valence-electron chi connectivity index (χ3n) is 2.94. The van der Waals surface area contributed by atoms with Crippen molar-refractivity contribution in [3.63, 3.8) is 0 Å². The van der Waals surface area contributed by atoms with Gasteiger partial charge in [-0.25, -0.2) is 0 Å². The first-order valence-electron chi connectivity index (χ1n) is 5.87. The number of thioether (sulfide) groups is 1. The minimum Gasteiger partial charge on any atom is -0.481 e. The first-order chi connectivity index (χ1) is 8.58. The molecule has 0 aliphatic carbocycles. The average molecular weight is 265 g/mol. The Balaban J connectivity index is 2.10. The maximum atomic E-state index is 11.6. The molecule has 2 N–H and O–H groups in total. The van der Waals surface area contributed by atoms with Crippen LogP contribution in [0.5, 0.6) is 0 Å². The number of hydrogen-bond acceptors (Lipinski definition) is 3. The molecule has 0 radical (unpaired) electrons. The van der Waals surface area contributed by atoms with Crippen LogP contribution in [-0.4, -0.2) is 22.7 Å². The Morgan fingerprint density at radius 2 is 2.22 bits per heavy atom. The Labute approximate surface area is 110 Å². The van der Waals surface area contributed by atoms with Gasteiger partial charge in [0.05, 0.1) is 0 Å². The fraction of sp³-hybridized carbons (Fsp3) is 0.385. The second kappa shape index (κ2) is 5.44. The molecule has 2 rings (SSSR count). The summed E-state index contributed by atoms with van der Waals surface area (Å²) in [6.45, 7) is 1.38. The van der Waals surface area contributed by atoms with Crippen molar-refractivity contribution in [2.75, 3.05) is 11.1 Å². The minimum absolute atomic E-state index is 0.481. The van der Waals surface area contributed by atoms with Crippen molar-refractivity contribution in [1.82, 2.24) is 0 Å². The zero-order chi connectivity index (χ0) is 13.1. The van der Waals surface area contributed by atoms with Crippen molar-refractivity contribution in [2.24, 2.45) is 5.92 Å². The molecule has 1 heterocycles. The fourth-order valence-electron chi connectivity index (χ4n) is 1.80. The van der Waals surface area contributed by atoms with E-state index in [2.05, 4.69) is 5.32 Å². The number of carbonyl (C=O) groups is 2. The lowest BCUT2D eigenvalue weighted by Gasteiger charge is -2.16. The van der Waals surface area contributed by atoms with E-state index in [0.717, 1.165) is 18.6 Å². The van der Waals surface area contributed by atoms with Crippen LogP contribution in [0.1, 0.15) is 18.9 Å². The Hall–Kier alpha value is -1.49. The lowest BCUT2D eigenvalue weighted by atomic mass is 10.1. The predicted molar refractivity (Wildman–Crippen MR) is 70.9 cm³/mol. The van der Waals surface area contributed by atoms with E-state index in [0.29, 0.717) is 5.69 Å². The van der Waals surface area contributed by atoms with E-state index in [9.17, 15) is 9.59 Å². The molecule has 1 aliphatic rings. The van der Waals surface area contributed by atoms with Crippen molar-refractivity contribution in [3.05, 3.63) is 23.8 Å². The van der Waals surface area contributed by atoms with E-state index in [-0.39, 0.29) is 0 Å². The first kappa shape index (κ1) is 13.0. The number of aliphatic carboxylic acids is 1. The summed E-state index contributed by atoms with van der Waals surface area (Å²) in [5.41, 5.74) is 1.90. The lowest BCUT2D eigenvalue weighted by molar-refractivity contribution is -0.144. The van der Waals surface area contributed by atoms with Gasteiger partial charge in [-0.05, 0) is 49.3 Å². The number of aryl methyl sites for hydroxylation is 1. The number of carbonyl (C=O) groups excluding carboxylic acids is 1. The third-order valence-corrected chi connectivity index (χ3v) is 4.14. The van der Waals surface area contributed by atoms with Crippen LogP contribution in [0.4, 0.5) is 5.69 Å². The Morgan fingerprint density at radius 1 is 1.44 bits per heavy atom. The second-order valence-corrected chi connectivity index (χ2v) is 5.46. The van der Waals surface area contributed by atoms with Gasteiger partial charge in [-0.15, -0.1) is 11.8 Å². The molecule has 0 saturated heterocycles. The zero-order valence-corrected chi connectivity index (χ0v) is 10.9. The summed E-state index contributed by atoms with van der Waals surface area (Å²) in [5, 5.41) is 11.4. The second-order valence-electron chi connectivity index (χ2n) is 4.32. The smallest absolute Gasteiger partial charge is 0.315 e. The van der Waals surface area contributed by atoms with Gasteiger partial charge in [0.25, 0.3) is 0 Å². The summed E-state index contributed by atoms with van der Waals surface area (Å²) in [6.07, 6.45) is 2.15. The molecule has 5 heteroatoms. The van der Waals surface area contributed by atoms with Crippen molar-refractivity contribution in [1.29, 1.82) is 0 Å². The van der Waals surface area contributed by atoms with E-state index < -0.39 is 17.8 Å². The van der Waals surface area contributed by atoms with Gasteiger partial charge < -0.3 is 10.4 Å². The van der Waals surface area contributed by atoms with Crippen molar-refractivity contribution >= 4 is 29.3 Å². The lowest BCUT2D eigenvalue weighted by Crippen LogP contribution is -2.26. The standard InChI is InChI=1S/C13H15NO3S/c1-8(13(16)17)12(15)14-10-4-5-11-9(7-10)3-2-6-18-11/h4-5,7-8H,2-3,6H2,1H3,(H,14,15)(H,16,17). The van der Waals surface area contributed by atoms with Crippen LogP contribution in [-0.2, 0) is 16.0 Å². The number of amides is 1. The molecular weight excluding hydrogens is 250 g/mol. The fourth-order valence-corrected chi connectivity index (χ4v) is 2.82. The van der Waals surface area contributed by atoms with Gasteiger partial charge in [0.15, 0.2) is 0 Å². The van der Waals surface area contributed by atoms with Crippen LogP contribution in [0, 0.1) is 5.92 Å². The summed E-state index contributed by atoms with van der Waals surface area (Å²) >= 11 is 1.82. The molecule has 1 aromatic rings. The molecule has 1 aliphatic heterocycles. The van der Waals surface area contributed by atoms with Gasteiger partial charge in [-0.3, -0.25) is 9.59 Å². The number of carboxylic acid groups (broad SMARTS) is 1. The number of nitrogens with one attached hydrogen (secondary N) is 1. The number of benzene rings is 1. The highest BCUT2D eigenvalue weighted by Crippen LogP contribution is 2.31. The SMILES string of the molecule is CC(C(=O)O)C(=O)Nc1ccc2c(c1)CCCS2. The molecular formula is C13H15NO3S. The van der Waals surface area contributed by atoms with Crippen LogP contribution in [0.15, 0.2) is 23.1 Å². The van der Waals surface area contributed by atoms with E-state index in [1.807, 2.05) is 30.0 Å². The van der Waals surface area contributed by atoms with Gasteiger partial charge in [-0.1, -0.05) is 0 Å². The number of hydrogen-bond donors (Lipinski definition) is 2. The summed E-state index contributed by atoms with van der Waals surface area (Å²) in [4.78, 5) is 23.6. The summed E-state index contributed by atoms with van der Waals surface area (Å²) in [6, 6.07) is 5.75. The Kier molecular flexibility index (Phi) is 3.91. The molecule has 1 aromatic carbocycles. The van der Waals surface area contributed by atoms with Crippen LogP contribution in [0.25, 0.3) is 0 Å². The molecule has 18 heavy (non-hydrogen) atoms. The minimum atomic E-state index is -1.11. The molecule has 1 atom stereocenters. The highest BCUT2D eigenvalue weighted by Gasteiger charge is 2.20. The molecule has 0 spiro atoms. The van der Waals surface area contributed by atoms with E-state index in [1.54, 1.807) is 0 Å². The van der Waals surface area contributed by atoms with Crippen LogP contribution >= 0.6 is 11.8 Å². The van der Waals surface area contributed by atoms with Gasteiger partial charge in [0.2, 0.25) is 5.91 Å². The molecule has 4 nitrogen and oxygen atoms in total. The normalized spacial score (nSPS) is 15.6. The van der Waals surface area contributed by atoms with Gasteiger partial charge in [0.1, 0.15) is 5.92 Å². The summed E-state index contributed by atoms with van der Waals surface area (Å²) in [7, 11) is 0. The number of anilines is 1. The molecule has 96 valence electrons. The van der Waals surface area contributed by atoms with Gasteiger partial charge >= 0.3 is 5.97 Å². The first-order valence-corrected chi connectivity index (χ1v) is 6.86. The quantitative estimate of drug-likeness (QED) is 0.823. The summed E-state index contributed by atoms with van der Waals surface area (Å²) < 4.78 is 0. The van der Waals surface area contributed by atoms with E-state index in [4.69, 9.17) is 5.11 Å². The Bertz CT molecular complexity index is 487. The van der Waals surface area contributed by atoms with Crippen molar-refractivity contribution in [2.45, 2.75) is 24.7 Å². The summed E-state index contributed by atoms with van der Waals surface area (Å²) in [5.74, 6) is -1.49. The third kappa shape index (κ3) is 2.85. The van der Waals surface area contributed by atoms with Gasteiger partial charge in [-0.2, -0.15) is 0 Å². The monoisotopic (exact) mass is 265 g/mol. The van der Waals surface area contributed by atoms with Crippen LogP contribution in [0.2, 0.25) is 0 Å². The molecule has 0 fully saturated rings. The number of rotatable bonds is 3. The number of carboxylic acids is 1. The van der Waals surface area contributed by atoms with E-state index >= 15 is 0 Å². The molecule has 1 amide bonds. The molecule has 1 unspecified atom stereocenters. The Morgan fingerprint density at radius 3 is 2.94 bits per heavy atom. The maximum Gasteiger partial charge on any atom is 0.315 e. The van der Waals surface area contributed by atoms with Gasteiger partial charge in [0, 0.05) is 10.6 Å². The van der Waals surface area contributed by atoms with Crippen molar-refractivity contribution in [3.8, 4) is 0 Å². The number of fused-ring (bicyclic) bond motifs is 1. The van der Waals surface area contributed by atoms with Crippen LogP contribution in [0.3, 0.4) is 0 Å². The van der Waals surface area contributed by atoms with Crippen molar-refractivity contribution < 1.29 is 14.7 Å². The largest absolute Gasteiger partial charge is 0.481 e. The van der Waals surface area contributed by atoms with Crippen LogP contribution < -0.4 is 5.32 Å². The predicted octanol–water partition coefficient (Wildman–Crippen LogP) is 2.38. The molecule has 0 bridgehead atoms. The highest BCUT2D eigenvalue weighted by molar-refractivity contribution is 7.99. The zero-order valence-electron chi connectivity index (χ0n) is 10.1. The topological polar surface area (TPSA) is 66.4 Å². The molecule has 0 saturated carbocycles. The highest BCUT2D eigenvalue weighted by atomic mass is 32.2. The average Bonchev–Trinajstić information content (AvgIpc) is 2.37. The molecule has 0 aromatic heterocycles. The maximum absolute atomic E-state index is 11.6.